The average Bonchev–Trinajstić information content (AvgIpc) is 2.71. The molecule has 1 amide bonds. The molecule has 0 saturated carbocycles. The predicted molar refractivity (Wildman–Crippen MR) is 105 cm³/mol. The van der Waals surface area contributed by atoms with Crippen molar-refractivity contribution in [1.82, 2.24) is 14.5 Å². The van der Waals surface area contributed by atoms with E-state index in [1.807, 2.05) is 11.9 Å². The molecule has 160 valence electrons. The van der Waals surface area contributed by atoms with Crippen molar-refractivity contribution in [3.05, 3.63) is 0 Å². The third-order valence-electron chi connectivity index (χ3n) is 3.97. The second-order valence-corrected chi connectivity index (χ2v) is 6.79. The van der Waals surface area contributed by atoms with Gasteiger partial charge in [-0.1, -0.05) is 11.9 Å². The summed E-state index contributed by atoms with van der Waals surface area (Å²) in [6.45, 7) is 9.65. The van der Waals surface area contributed by atoms with Crippen molar-refractivity contribution in [1.29, 1.82) is 0 Å². The van der Waals surface area contributed by atoms with Crippen molar-refractivity contribution in [3.8, 4) is 0 Å². The van der Waals surface area contributed by atoms with Crippen molar-refractivity contribution in [2.75, 3.05) is 105 Å². The van der Waals surface area contributed by atoms with Crippen molar-refractivity contribution in [2.24, 2.45) is 0 Å². The van der Waals surface area contributed by atoms with Crippen molar-refractivity contribution < 1.29 is 28.8 Å². The van der Waals surface area contributed by atoms with Crippen LogP contribution in [-0.2, 0) is 23.7 Å². The molecule has 0 atom stereocenters. The predicted octanol–water partition coefficient (Wildman–Crippen LogP) is -0.943. The summed E-state index contributed by atoms with van der Waals surface area (Å²) in [7, 11) is 0. The van der Waals surface area contributed by atoms with E-state index in [0.29, 0.717) is 52.8 Å². The first-order chi connectivity index (χ1) is 13.3. The van der Waals surface area contributed by atoms with Crippen molar-refractivity contribution in [3.63, 3.8) is 0 Å². The Morgan fingerprint density at radius 2 is 1.41 bits per heavy atom. The Bertz CT molecular complexity index is 360. The molecule has 1 rings (SSSR count). The number of amides is 1. The summed E-state index contributed by atoms with van der Waals surface area (Å²) in [5, 5.41) is 11.0. The van der Waals surface area contributed by atoms with Crippen LogP contribution in [-0.4, -0.2) is 125 Å². The third kappa shape index (κ3) is 14.2. The van der Waals surface area contributed by atoms with Gasteiger partial charge in [-0.05, 0) is 6.26 Å². The highest BCUT2D eigenvalue weighted by Crippen LogP contribution is 2.09. The lowest BCUT2D eigenvalue weighted by atomic mass is 10.3. The Balaban J connectivity index is 1.72. The van der Waals surface area contributed by atoms with Gasteiger partial charge in [0.2, 0.25) is 5.91 Å². The molecule has 0 aromatic carbocycles. The van der Waals surface area contributed by atoms with Crippen LogP contribution in [0, 0.1) is 0 Å². The molecule has 1 aliphatic rings. The minimum absolute atomic E-state index is 0.385. The number of carbonyl (C=O) groups excluding carboxylic acids is 1. The Labute approximate surface area is 166 Å². The van der Waals surface area contributed by atoms with E-state index in [9.17, 15) is 4.79 Å². The number of nitrogens with zero attached hydrogens (tertiary/aromatic N) is 2. The zero-order valence-electron chi connectivity index (χ0n) is 16.4. The highest BCUT2D eigenvalue weighted by molar-refractivity contribution is 7.96. The Morgan fingerprint density at radius 1 is 0.889 bits per heavy atom. The largest absolute Gasteiger partial charge is 0.387 e. The van der Waals surface area contributed by atoms with Crippen LogP contribution in [0.25, 0.3) is 0 Å². The lowest BCUT2D eigenvalue weighted by molar-refractivity contribution is -0.124. The van der Waals surface area contributed by atoms with Crippen LogP contribution in [0.1, 0.15) is 0 Å². The fourth-order valence-electron chi connectivity index (χ4n) is 2.41. The number of rotatable bonds is 17. The zero-order chi connectivity index (χ0) is 19.6. The number of aliphatic hydroxyl groups excluding tert-OH is 1. The molecule has 1 heterocycles. The minimum Gasteiger partial charge on any atom is -0.387 e. The van der Waals surface area contributed by atoms with Crippen LogP contribution < -0.4 is 5.32 Å². The summed E-state index contributed by atoms with van der Waals surface area (Å²) in [4.78, 5) is 13.2. The quantitative estimate of drug-likeness (QED) is 0.233. The van der Waals surface area contributed by atoms with E-state index in [1.54, 1.807) is 0 Å². The lowest BCUT2D eigenvalue weighted by Gasteiger charge is -2.32. The molecule has 1 saturated heterocycles. The second-order valence-electron chi connectivity index (χ2n) is 5.91. The summed E-state index contributed by atoms with van der Waals surface area (Å²) >= 11 is 1.82. The summed E-state index contributed by atoms with van der Waals surface area (Å²) in [6, 6.07) is 0. The molecular weight excluding hydrogens is 374 g/mol. The van der Waals surface area contributed by atoms with E-state index in [1.165, 1.54) is 0 Å². The highest BCUT2D eigenvalue weighted by atomic mass is 32.2. The molecule has 0 aromatic heterocycles. The van der Waals surface area contributed by atoms with Gasteiger partial charge in [-0.25, -0.2) is 4.31 Å². The number of hydrogen-bond acceptors (Lipinski definition) is 9. The summed E-state index contributed by atoms with van der Waals surface area (Å²) < 4.78 is 24.1. The first-order valence-corrected chi connectivity index (χ1v) is 10.6. The third-order valence-corrected chi connectivity index (χ3v) is 4.85. The van der Waals surface area contributed by atoms with Gasteiger partial charge in [0, 0.05) is 39.3 Å². The Hall–Kier alpha value is -0.460. The molecule has 1 fully saturated rings. The van der Waals surface area contributed by atoms with Gasteiger partial charge in [0.05, 0.1) is 52.9 Å². The highest BCUT2D eigenvalue weighted by Gasteiger charge is 2.15. The first kappa shape index (κ1) is 24.6. The van der Waals surface area contributed by atoms with Gasteiger partial charge in [0.15, 0.2) is 0 Å². The number of piperazine rings is 1. The molecule has 0 radical (unpaired) electrons. The van der Waals surface area contributed by atoms with Gasteiger partial charge in [-0.2, -0.15) is 0 Å². The fourth-order valence-corrected chi connectivity index (χ4v) is 2.94. The first-order valence-electron chi connectivity index (χ1n) is 9.46. The smallest absolute Gasteiger partial charge is 0.245 e. The number of hydrogen-bond donors (Lipinski definition) is 2. The van der Waals surface area contributed by atoms with Gasteiger partial charge < -0.3 is 29.4 Å². The van der Waals surface area contributed by atoms with Gasteiger partial charge in [0.25, 0.3) is 0 Å². The fraction of sp³-hybridized carbons (Fsp3) is 0.941. The Morgan fingerprint density at radius 3 is 1.93 bits per heavy atom. The van der Waals surface area contributed by atoms with Gasteiger partial charge in [-0.3, -0.25) is 9.69 Å². The number of aliphatic hydroxyl groups is 1. The van der Waals surface area contributed by atoms with E-state index in [0.717, 1.165) is 39.3 Å². The summed E-state index contributed by atoms with van der Waals surface area (Å²) in [5.41, 5.74) is 0. The topological polar surface area (TPSA) is 92.7 Å². The summed E-state index contributed by atoms with van der Waals surface area (Å²) in [6.07, 6.45) is 2.13. The Kier molecular flexibility index (Phi) is 16.0. The van der Waals surface area contributed by atoms with E-state index in [4.69, 9.17) is 24.1 Å². The molecular formula is C17H35N3O6S. The summed E-state index contributed by atoms with van der Waals surface area (Å²) in [5.74, 6) is -0.398. The van der Waals surface area contributed by atoms with Crippen LogP contribution in [0.2, 0.25) is 0 Å². The number of ether oxygens (including phenoxy) is 4. The maximum absolute atomic E-state index is 10.8. The molecule has 9 nitrogen and oxygen atoms in total. The van der Waals surface area contributed by atoms with Gasteiger partial charge in [0.1, 0.15) is 6.61 Å². The van der Waals surface area contributed by atoms with Gasteiger partial charge in [-0.15, -0.1) is 0 Å². The molecule has 0 aliphatic carbocycles. The molecule has 1 aliphatic heterocycles. The molecule has 0 aromatic rings. The van der Waals surface area contributed by atoms with E-state index < -0.39 is 12.5 Å². The monoisotopic (exact) mass is 409 g/mol. The molecule has 2 N–H and O–H groups in total. The molecule has 0 bridgehead atoms. The van der Waals surface area contributed by atoms with E-state index in [-0.39, 0.29) is 0 Å². The van der Waals surface area contributed by atoms with Crippen LogP contribution in [0.3, 0.4) is 0 Å². The van der Waals surface area contributed by atoms with Crippen molar-refractivity contribution in [2.45, 2.75) is 0 Å². The van der Waals surface area contributed by atoms with Crippen LogP contribution in [0.4, 0.5) is 0 Å². The number of carbonyl (C=O) groups is 1. The molecule has 0 unspecified atom stereocenters. The molecule has 27 heavy (non-hydrogen) atoms. The van der Waals surface area contributed by atoms with Gasteiger partial charge >= 0.3 is 0 Å². The maximum atomic E-state index is 10.8. The minimum atomic E-state index is -0.496. The van der Waals surface area contributed by atoms with E-state index >= 15 is 0 Å². The SMILES string of the molecule is CSN1CCN(CCOCCOCCOCCOCCNC(=O)CO)CC1. The van der Waals surface area contributed by atoms with Crippen LogP contribution >= 0.6 is 11.9 Å². The van der Waals surface area contributed by atoms with Crippen LogP contribution in [0.5, 0.6) is 0 Å². The standard InChI is InChI=1S/C17H35N3O6S/c1-27-20-5-3-19(4-6-20)7-9-24-11-13-26-15-14-25-12-10-23-8-2-18-17(22)16-21/h21H,2-16H2,1H3,(H,18,22). The average molecular weight is 410 g/mol. The number of nitrogens with one attached hydrogen (secondary N) is 1. The van der Waals surface area contributed by atoms with E-state index in [2.05, 4.69) is 20.8 Å². The molecule has 0 spiro atoms. The second kappa shape index (κ2) is 17.6. The normalized spacial score (nSPS) is 15.9. The van der Waals surface area contributed by atoms with Crippen LogP contribution in [0.15, 0.2) is 0 Å². The lowest BCUT2D eigenvalue weighted by Crippen LogP contribution is -2.44. The molecule has 10 heteroatoms. The maximum Gasteiger partial charge on any atom is 0.245 e. The zero-order valence-corrected chi connectivity index (χ0v) is 17.2. The van der Waals surface area contributed by atoms with Crippen molar-refractivity contribution >= 4 is 17.9 Å².